The Morgan fingerprint density at radius 3 is 2.54 bits per heavy atom. The van der Waals surface area contributed by atoms with Crippen molar-refractivity contribution in [2.75, 3.05) is 14.2 Å². The molecule has 6 heteroatoms. The van der Waals surface area contributed by atoms with E-state index >= 15 is 0 Å². The van der Waals surface area contributed by atoms with Gasteiger partial charge in [0.05, 0.1) is 26.3 Å². The fraction of sp³-hybridized carbons (Fsp3) is 0.200. The van der Waals surface area contributed by atoms with Gasteiger partial charge in [-0.1, -0.05) is 30.3 Å². The van der Waals surface area contributed by atoms with Gasteiger partial charge in [0, 0.05) is 16.0 Å². The molecule has 133 valence electrons. The van der Waals surface area contributed by atoms with Gasteiger partial charge in [0.25, 0.3) is 0 Å². The molecule has 3 aromatic rings. The Labute approximate surface area is 156 Å². The van der Waals surface area contributed by atoms with E-state index in [-0.39, 0.29) is 5.78 Å². The summed E-state index contributed by atoms with van der Waals surface area (Å²) >= 11 is 1.48. The number of thiazole rings is 1. The van der Waals surface area contributed by atoms with Crippen LogP contribution in [0.25, 0.3) is 10.6 Å². The van der Waals surface area contributed by atoms with E-state index in [0.29, 0.717) is 22.8 Å². The number of carbonyl (C=O) groups is 1. The number of carbonyl (C=O) groups excluding carboxylic acids is 1. The van der Waals surface area contributed by atoms with Gasteiger partial charge in [0.15, 0.2) is 0 Å². The van der Waals surface area contributed by atoms with Crippen molar-refractivity contribution in [1.29, 1.82) is 0 Å². The molecule has 0 aliphatic carbocycles. The second-order valence-electron chi connectivity index (χ2n) is 5.65. The molecule has 0 amide bonds. The summed E-state index contributed by atoms with van der Waals surface area (Å²) in [5.74, 6) is 0.653. The van der Waals surface area contributed by atoms with Gasteiger partial charge in [0.1, 0.15) is 22.2 Å². The van der Waals surface area contributed by atoms with E-state index in [1.54, 1.807) is 19.2 Å². The molecular formula is C20H19N2O3S. The average Bonchev–Trinajstić information content (AvgIpc) is 3.08. The first-order valence-corrected chi connectivity index (χ1v) is 8.83. The van der Waals surface area contributed by atoms with E-state index in [2.05, 4.69) is 11.1 Å². The number of nitrogens with two attached hydrogens (primary N) is 1. The Hall–Kier alpha value is -2.70. The zero-order chi connectivity index (χ0) is 18.7. The molecule has 26 heavy (non-hydrogen) atoms. The first-order valence-electron chi connectivity index (χ1n) is 8.02. The fourth-order valence-corrected chi connectivity index (χ4v) is 3.54. The number of ether oxygens (including phenoxy) is 2. The van der Waals surface area contributed by atoms with Crippen LogP contribution in [-0.4, -0.2) is 25.0 Å². The monoisotopic (exact) mass is 367 g/mol. The number of aromatic nitrogens is 1. The van der Waals surface area contributed by atoms with Crippen molar-refractivity contribution in [3.63, 3.8) is 0 Å². The topological polar surface area (TPSA) is 74.4 Å². The van der Waals surface area contributed by atoms with Gasteiger partial charge in [-0.3, -0.25) is 4.79 Å². The summed E-state index contributed by atoms with van der Waals surface area (Å²) in [7, 11) is 3.05. The van der Waals surface area contributed by atoms with Crippen LogP contribution in [0.5, 0.6) is 11.5 Å². The lowest BCUT2D eigenvalue weighted by Gasteiger charge is -2.15. The first kappa shape index (κ1) is 18.1. The molecule has 1 radical (unpaired) electrons. The lowest BCUT2D eigenvalue weighted by Crippen LogP contribution is -2.23. The van der Waals surface area contributed by atoms with Crippen LogP contribution in [0.15, 0.2) is 42.5 Å². The largest absolute Gasteiger partial charge is 0.496 e. The SMILES string of the molecule is COc1[c]c(OC)c(C(N)C(=O)c2nc(-c3ccccc3)sc2C)cc1. The van der Waals surface area contributed by atoms with E-state index in [0.717, 1.165) is 15.4 Å². The summed E-state index contributed by atoms with van der Waals surface area (Å²) in [6.07, 6.45) is 0. The molecule has 2 aromatic carbocycles. The predicted octanol–water partition coefficient (Wildman–Crippen LogP) is 3.82. The third-order valence-electron chi connectivity index (χ3n) is 4.01. The van der Waals surface area contributed by atoms with Crippen molar-refractivity contribution in [3.8, 4) is 22.1 Å². The number of nitrogens with zero attached hydrogens (tertiary/aromatic N) is 1. The third-order valence-corrected chi connectivity index (χ3v) is 5.03. The summed E-state index contributed by atoms with van der Waals surface area (Å²) in [6.45, 7) is 1.88. The molecule has 1 aromatic heterocycles. The van der Waals surface area contributed by atoms with Crippen LogP contribution in [0.2, 0.25) is 0 Å². The lowest BCUT2D eigenvalue weighted by atomic mass is 10.00. The second-order valence-corrected chi connectivity index (χ2v) is 6.85. The quantitative estimate of drug-likeness (QED) is 0.671. The van der Waals surface area contributed by atoms with Gasteiger partial charge in [-0.25, -0.2) is 4.98 Å². The molecule has 0 saturated carbocycles. The number of methoxy groups -OCH3 is 2. The standard InChI is InChI=1S/C20H19N2O3S/c1-12-18(22-20(26-12)13-7-5-4-6-8-13)19(23)17(21)15-10-9-14(24-2)11-16(15)25-3/h4-10,17H,21H2,1-3H3. The van der Waals surface area contributed by atoms with Gasteiger partial charge < -0.3 is 15.2 Å². The smallest absolute Gasteiger partial charge is 0.203 e. The summed E-state index contributed by atoms with van der Waals surface area (Å²) < 4.78 is 10.5. The maximum Gasteiger partial charge on any atom is 0.203 e. The average molecular weight is 367 g/mol. The number of rotatable bonds is 6. The Morgan fingerprint density at radius 2 is 1.88 bits per heavy atom. The maximum absolute atomic E-state index is 13.0. The molecule has 2 N–H and O–H groups in total. The molecule has 1 atom stereocenters. The number of hydrogen-bond acceptors (Lipinski definition) is 6. The third kappa shape index (κ3) is 3.47. The van der Waals surface area contributed by atoms with Crippen molar-refractivity contribution >= 4 is 17.1 Å². The number of benzene rings is 2. The van der Waals surface area contributed by atoms with Crippen molar-refractivity contribution in [1.82, 2.24) is 4.98 Å². The van der Waals surface area contributed by atoms with Gasteiger partial charge in [-0.2, -0.15) is 0 Å². The second kappa shape index (κ2) is 7.68. The van der Waals surface area contributed by atoms with Crippen molar-refractivity contribution < 1.29 is 14.3 Å². The summed E-state index contributed by atoms with van der Waals surface area (Å²) in [6, 6.07) is 15.2. The van der Waals surface area contributed by atoms with Crippen molar-refractivity contribution in [3.05, 3.63) is 64.7 Å². The zero-order valence-corrected chi connectivity index (χ0v) is 15.6. The molecule has 1 unspecified atom stereocenters. The Balaban J connectivity index is 1.93. The number of aryl methyl sites for hydroxylation is 1. The highest BCUT2D eigenvalue weighted by Crippen LogP contribution is 2.32. The predicted molar refractivity (Wildman–Crippen MR) is 102 cm³/mol. The zero-order valence-electron chi connectivity index (χ0n) is 14.8. The van der Waals surface area contributed by atoms with Crippen LogP contribution in [0, 0.1) is 13.0 Å². The van der Waals surface area contributed by atoms with E-state index in [4.69, 9.17) is 15.2 Å². The van der Waals surface area contributed by atoms with Crippen LogP contribution < -0.4 is 15.2 Å². The van der Waals surface area contributed by atoms with Crippen LogP contribution >= 0.6 is 11.3 Å². The molecule has 0 aliphatic rings. The van der Waals surface area contributed by atoms with Gasteiger partial charge in [-0.05, 0) is 19.1 Å². The van der Waals surface area contributed by atoms with Crippen LogP contribution in [0.3, 0.4) is 0 Å². The van der Waals surface area contributed by atoms with Crippen LogP contribution in [0.4, 0.5) is 0 Å². The van der Waals surface area contributed by atoms with E-state index in [9.17, 15) is 4.79 Å². The molecular weight excluding hydrogens is 348 g/mol. The number of ketones is 1. The van der Waals surface area contributed by atoms with Crippen LogP contribution in [-0.2, 0) is 0 Å². The first-order chi connectivity index (χ1) is 12.5. The summed E-state index contributed by atoms with van der Waals surface area (Å²) in [5, 5.41) is 0.798. The summed E-state index contributed by atoms with van der Waals surface area (Å²) in [5.41, 5.74) is 8.14. The molecule has 0 bridgehead atoms. The number of Topliss-reactive ketones (excluding diaryl/α,β-unsaturated/α-hetero) is 1. The molecule has 0 fully saturated rings. The minimum Gasteiger partial charge on any atom is -0.496 e. The Kier molecular flexibility index (Phi) is 5.35. The molecule has 3 rings (SSSR count). The van der Waals surface area contributed by atoms with Crippen LogP contribution in [0.1, 0.15) is 27.0 Å². The van der Waals surface area contributed by atoms with Crippen molar-refractivity contribution in [2.45, 2.75) is 13.0 Å². The van der Waals surface area contributed by atoms with Crippen molar-refractivity contribution in [2.24, 2.45) is 5.73 Å². The normalized spacial score (nSPS) is 11.8. The van der Waals surface area contributed by atoms with E-state index in [1.807, 2.05) is 37.3 Å². The van der Waals surface area contributed by atoms with Gasteiger partial charge in [-0.15, -0.1) is 11.3 Å². The molecule has 5 nitrogen and oxygen atoms in total. The molecule has 1 heterocycles. The van der Waals surface area contributed by atoms with Gasteiger partial charge in [0.2, 0.25) is 5.78 Å². The highest BCUT2D eigenvalue weighted by molar-refractivity contribution is 7.15. The number of hydrogen-bond donors (Lipinski definition) is 1. The Bertz CT molecular complexity index is 922. The fourth-order valence-electron chi connectivity index (χ4n) is 2.62. The highest BCUT2D eigenvalue weighted by atomic mass is 32.1. The minimum atomic E-state index is -0.892. The van der Waals surface area contributed by atoms with E-state index < -0.39 is 6.04 Å². The van der Waals surface area contributed by atoms with E-state index in [1.165, 1.54) is 18.4 Å². The molecule has 0 saturated heterocycles. The Morgan fingerprint density at radius 1 is 1.15 bits per heavy atom. The molecule has 0 aliphatic heterocycles. The lowest BCUT2D eigenvalue weighted by molar-refractivity contribution is 0.0955. The van der Waals surface area contributed by atoms with Gasteiger partial charge >= 0.3 is 0 Å². The maximum atomic E-state index is 13.0. The molecule has 0 spiro atoms. The minimum absolute atomic E-state index is 0.252. The summed E-state index contributed by atoms with van der Waals surface area (Å²) in [4.78, 5) is 18.3. The highest BCUT2D eigenvalue weighted by Gasteiger charge is 2.26.